The summed E-state index contributed by atoms with van der Waals surface area (Å²) in [5.41, 5.74) is 11.4. The highest BCUT2D eigenvalue weighted by atomic mass is 15.0. The SMILES string of the molecule is C1=CC(n2c3ccccc3c3cc4c5ccccc5n(-c5ccnc(-c6nc(-c7ccccc7)cc(-c7ccccc7)n6)c5)c4cc32)=CCC1. The summed E-state index contributed by atoms with van der Waals surface area (Å²) in [5, 5.41) is 4.95. The largest absolute Gasteiger partial charge is 0.310 e. The van der Waals surface area contributed by atoms with Crippen molar-refractivity contribution >= 4 is 49.3 Å². The van der Waals surface area contributed by atoms with Crippen molar-refractivity contribution in [2.24, 2.45) is 0 Å². The van der Waals surface area contributed by atoms with Gasteiger partial charge in [0.2, 0.25) is 0 Å². The number of pyridine rings is 1. The Morgan fingerprint density at radius 2 is 1.06 bits per heavy atom. The standard InChI is InChI=1S/C45H31N5/c1-4-14-30(15-5-1)38-28-39(31-16-6-2-7-17-31)48-45(47-38)40-26-33(24-25-46-40)50-42-23-13-11-21-35(42)37-27-36-34-20-10-12-22-41(34)49(43(36)29-44(37)50)32-18-8-3-9-19-32/h1-2,4-8,10-29H,3,9H2. The van der Waals surface area contributed by atoms with Gasteiger partial charge in [-0.25, -0.2) is 9.97 Å². The Morgan fingerprint density at radius 3 is 1.70 bits per heavy atom. The molecule has 0 unspecified atom stereocenters. The topological polar surface area (TPSA) is 48.5 Å². The summed E-state index contributed by atoms with van der Waals surface area (Å²) in [6.45, 7) is 0. The number of rotatable bonds is 5. The van der Waals surface area contributed by atoms with Gasteiger partial charge in [0.15, 0.2) is 5.82 Å². The number of fused-ring (bicyclic) bond motifs is 6. The zero-order valence-corrected chi connectivity index (χ0v) is 27.2. The van der Waals surface area contributed by atoms with Crippen molar-refractivity contribution < 1.29 is 0 Å². The molecular formula is C45H31N5. The number of hydrogen-bond acceptors (Lipinski definition) is 3. The summed E-state index contributed by atoms with van der Waals surface area (Å²) < 4.78 is 4.79. The van der Waals surface area contributed by atoms with E-state index in [1.165, 1.54) is 38.3 Å². The van der Waals surface area contributed by atoms with Gasteiger partial charge in [0.25, 0.3) is 0 Å². The van der Waals surface area contributed by atoms with Crippen LogP contribution in [-0.2, 0) is 0 Å². The fraction of sp³-hybridized carbons (Fsp3) is 0.0444. The molecule has 5 heteroatoms. The van der Waals surface area contributed by atoms with Gasteiger partial charge in [0.1, 0.15) is 5.69 Å². The van der Waals surface area contributed by atoms with Crippen molar-refractivity contribution in [1.29, 1.82) is 0 Å². The van der Waals surface area contributed by atoms with Crippen LogP contribution in [0, 0.1) is 0 Å². The summed E-state index contributed by atoms with van der Waals surface area (Å²) in [6, 6.07) is 49.0. The second-order valence-corrected chi connectivity index (χ2v) is 12.8. The molecule has 0 atom stereocenters. The molecule has 0 saturated heterocycles. The average molecular weight is 642 g/mol. The van der Waals surface area contributed by atoms with Crippen molar-refractivity contribution in [3.63, 3.8) is 0 Å². The Labute approximate surface area is 289 Å². The maximum atomic E-state index is 5.08. The number of allylic oxidation sites excluding steroid dienone is 4. The van der Waals surface area contributed by atoms with E-state index in [-0.39, 0.29) is 0 Å². The van der Waals surface area contributed by atoms with Crippen LogP contribution in [0.2, 0.25) is 0 Å². The predicted octanol–water partition coefficient (Wildman–Crippen LogP) is 11.3. The van der Waals surface area contributed by atoms with Crippen molar-refractivity contribution in [2.45, 2.75) is 12.8 Å². The summed E-state index contributed by atoms with van der Waals surface area (Å²) in [5.74, 6) is 0.589. The maximum absolute atomic E-state index is 5.08. The molecule has 0 N–H and O–H groups in total. The lowest BCUT2D eigenvalue weighted by Gasteiger charge is -2.13. The van der Waals surface area contributed by atoms with Crippen molar-refractivity contribution in [3.05, 3.63) is 164 Å². The van der Waals surface area contributed by atoms with E-state index in [0.29, 0.717) is 5.82 Å². The van der Waals surface area contributed by atoms with E-state index < -0.39 is 0 Å². The van der Waals surface area contributed by atoms with Crippen molar-refractivity contribution in [2.75, 3.05) is 0 Å². The molecule has 0 saturated carbocycles. The zero-order valence-electron chi connectivity index (χ0n) is 27.2. The smallest absolute Gasteiger partial charge is 0.179 e. The van der Waals surface area contributed by atoms with E-state index in [1.807, 2.05) is 42.6 Å². The molecule has 4 aromatic heterocycles. The fourth-order valence-corrected chi connectivity index (χ4v) is 7.51. The summed E-state index contributed by atoms with van der Waals surface area (Å²) in [6.07, 6.45) is 10.9. The first-order valence-electron chi connectivity index (χ1n) is 17.1. The Hall–Kier alpha value is -6.59. The molecule has 236 valence electrons. The third-order valence-electron chi connectivity index (χ3n) is 9.80. The third-order valence-corrected chi connectivity index (χ3v) is 9.80. The molecule has 50 heavy (non-hydrogen) atoms. The molecule has 1 aliphatic carbocycles. The number of hydrogen-bond donors (Lipinski definition) is 0. The first-order valence-corrected chi connectivity index (χ1v) is 17.1. The number of aromatic nitrogens is 5. The monoisotopic (exact) mass is 641 g/mol. The van der Waals surface area contributed by atoms with Gasteiger partial charge in [-0.05, 0) is 61.4 Å². The number of benzene rings is 5. The molecule has 0 fully saturated rings. The van der Waals surface area contributed by atoms with Crippen LogP contribution in [0.4, 0.5) is 0 Å². The summed E-state index contributed by atoms with van der Waals surface area (Å²) in [7, 11) is 0. The molecule has 0 bridgehead atoms. The molecule has 4 heterocycles. The van der Waals surface area contributed by atoms with Crippen LogP contribution in [0.1, 0.15) is 12.8 Å². The lowest BCUT2D eigenvalue weighted by Crippen LogP contribution is -2.00. The first kappa shape index (κ1) is 28.4. The summed E-state index contributed by atoms with van der Waals surface area (Å²) >= 11 is 0. The minimum atomic E-state index is 0.589. The normalized spacial score (nSPS) is 13.1. The third kappa shape index (κ3) is 4.59. The lowest BCUT2D eigenvalue weighted by molar-refractivity contribution is 1.02. The Bertz CT molecular complexity index is 2750. The molecule has 9 aromatic rings. The van der Waals surface area contributed by atoms with Gasteiger partial charge in [-0.1, -0.05) is 109 Å². The molecule has 5 nitrogen and oxygen atoms in total. The van der Waals surface area contributed by atoms with Gasteiger partial charge in [0.05, 0.1) is 33.5 Å². The maximum Gasteiger partial charge on any atom is 0.179 e. The molecule has 0 amide bonds. The van der Waals surface area contributed by atoms with Crippen LogP contribution in [0.25, 0.3) is 89.0 Å². The predicted molar refractivity (Wildman–Crippen MR) is 206 cm³/mol. The minimum absolute atomic E-state index is 0.589. The Kier molecular flexibility index (Phi) is 6.56. The average Bonchev–Trinajstić information content (AvgIpc) is 3.70. The van der Waals surface area contributed by atoms with E-state index >= 15 is 0 Å². The highest BCUT2D eigenvalue weighted by Crippen LogP contribution is 2.40. The molecule has 0 spiro atoms. The fourth-order valence-electron chi connectivity index (χ4n) is 7.51. The van der Waals surface area contributed by atoms with Gasteiger partial charge in [-0.15, -0.1) is 0 Å². The molecule has 0 radical (unpaired) electrons. The lowest BCUT2D eigenvalue weighted by atomic mass is 10.1. The highest BCUT2D eigenvalue weighted by molar-refractivity contribution is 6.19. The van der Waals surface area contributed by atoms with Crippen molar-refractivity contribution in [3.8, 4) is 39.7 Å². The molecular weight excluding hydrogens is 611 g/mol. The van der Waals surface area contributed by atoms with E-state index in [1.54, 1.807) is 0 Å². The van der Waals surface area contributed by atoms with Gasteiger partial charge >= 0.3 is 0 Å². The van der Waals surface area contributed by atoms with E-state index in [2.05, 4.69) is 130 Å². The molecule has 0 aliphatic heterocycles. The highest BCUT2D eigenvalue weighted by Gasteiger charge is 2.20. The van der Waals surface area contributed by atoms with Crippen LogP contribution in [-0.4, -0.2) is 24.1 Å². The van der Waals surface area contributed by atoms with Gasteiger partial charge < -0.3 is 9.13 Å². The summed E-state index contributed by atoms with van der Waals surface area (Å²) in [4.78, 5) is 15.0. The second kappa shape index (κ2) is 11.5. The Balaban J connectivity index is 1.21. The van der Waals surface area contributed by atoms with Gasteiger partial charge in [0, 0.05) is 50.3 Å². The number of nitrogens with zero attached hydrogens (tertiary/aromatic N) is 5. The van der Waals surface area contributed by atoms with E-state index in [9.17, 15) is 0 Å². The van der Waals surface area contributed by atoms with Crippen LogP contribution < -0.4 is 0 Å². The Morgan fingerprint density at radius 1 is 0.460 bits per heavy atom. The number of para-hydroxylation sites is 2. The van der Waals surface area contributed by atoms with Gasteiger partial charge in [-0.3, -0.25) is 4.98 Å². The second-order valence-electron chi connectivity index (χ2n) is 12.8. The quantitative estimate of drug-likeness (QED) is 0.188. The minimum Gasteiger partial charge on any atom is -0.310 e. The first-order chi connectivity index (χ1) is 24.8. The zero-order chi connectivity index (χ0) is 33.0. The van der Waals surface area contributed by atoms with Gasteiger partial charge in [-0.2, -0.15) is 0 Å². The molecule has 1 aliphatic rings. The molecule has 5 aromatic carbocycles. The van der Waals surface area contributed by atoms with Crippen LogP contribution in [0.5, 0.6) is 0 Å². The van der Waals surface area contributed by atoms with Crippen LogP contribution in [0.3, 0.4) is 0 Å². The van der Waals surface area contributed by atoms with E-state index in [0.717, 1.165) is 57.8 Å². The van der Waals surface area contributed by atoms with Crippen molar-refractivity contribution in [1.82, 2.24) is 24.1 Å². The van der Waals surface area contributed by atoms with E-state index in [4.69, 9.17) is 15.0 Å². The van der Waals surface area contributed by atoms with Crippen LogP contribution in [0.15, 0.2) is 164 Å². The van der Waals surface area contributed by atoms with Crippen LogP contribution >= 0.6 is 0 Å². The molecule has 10 rings (SSSR count).